The van der Waals surface area contributed by atoms with Crippen molar-refractivity contribution in [1.82, 2.24) is 15.5 Å². The first kappa shape index (κ1) is 24.1. The Bertz CT molecular complexity index is 994. The van der Waals surface area contributed by atoms with Gasteiger partial charge in [0.25, 0.3) is 5.91 Å². The van der Waals surface area contributed by atoms with Crippen molar-refractivity contribution in [3.05, 3.63) is 41.9 Å². The van der Waals surface area contributed by atoms with Gasteiger partial charge in [-0.2, -0.15) is 0 Å². The van der Waals surface area contributed by atoms with Gasteiger partial charge in [-0.25, -0.2) is 4.39 Å². The highest BCUT2D eigenvalue weighted by Gasteiger charge is 2.43. The molecule has 1 saturated carbocycles. The van der Waals surface area contributed by atoms with Crippen LogP contribution >= 0.6 is 0 Å². The van der Waals surface area contributed by atoms with E-state index >= 15 is 0 Å². The average molecular weight is 486 g/mol. The Labute approximate surface area is 191 Å². The van der Waals surface area contributed by atoms with Crippen LogP contribution in [0.2, 0.25) is 0 Å². The number of carbonyl (C=O) groups is 1. The van der Waals surface area contributed by atoms with Gasteiger partial charge in [0.2, 0.25) is 11.8 Å². The third-order valence-corrected chi connectivity index (χ3v) is 5.58. The van der Waals surface area contributed by atoms with Gasteiger partial charge in [0.1, 0.15) is 11.6 Å². The lowest BCUT2D eigenvalue weighted by molar-refractivity contribution is -0.352. The lowest BCUT2D eigenvalue weighted by atomic mass is 9.82. The fourth-order valence-electron chi connectivity index (χ4n) is 3.85. The first-order valence-electron chi connectivity index (χ1n) is 10.5. The smallest absolute Gasteiger partial charge is 0.484 e. The standard InChI is InChI=1S/C21H22F4N4O5/c1-26-16-8-13(27-17(30)10-31-14-4-2-12(22)3-5-14)9-32-18(16)20-29-28-19(33-20)11-6-15(7-11)34-21(23,24)25/h2-5,11,13,15-16,18H,1,6-10H2,(H,27,30)/t11?,13-,15?,16+,18+/m0/s1. The van der Waals surface area contributed by atoms with Gasteiger partial charge in [-0.3, -0.25) is 14.5 Å². The van der Waals surface area contributed by atoms with Crippen LogP contribution in [0.15, 0.2) is 33.7 Å². The molecule has 1 amide bonds. The first-order valence-corrected chi connectivity index (χ1v) is 10.5. The highest BCUT2D eigenvalue weighted by Crippen LogP contribution is 2.41. The predicted octanol–water partition coefficient (Wildman–Crippen LogP) is 3.09. The zero-order valence-corrected chi connectivity index (χ0v) is 17.8. The molecule has 184 valence electrons. The number of carbonyl (C=O) groups excluding carboxylic acids is 1. The molecular formula is C21H22F4N4O5. The zero-order valence-electron chi connectivity index (χ0n) is 17.8. The van der Waals surface area contributed by atoms with E-state index in [0.29, 0.717) is 12.2 Å². The van der Waals surface area contributed by atoms with Gasteiger partial charge < -0.3 is 19.2 Å². The van der Waals surface area contributed by atoms with Crippen molar-refractivity contribution in [3.63, 3.8) is 0 Å². The maximum absolute atomic E-state index is 12.9. The molecule has 4 rings (SSSR count). The maximum atomic E-state index is 12.9. The minimum absolute atomic E-state index is 0.129. The van der Waals surface area contributed by atoms with Gasteiger partial charge in [-0.05, 0) is 50.2 Å². The molecule has 1 aromatic heterocycles. The molecule has 0 unspecified atom stereocenters. The van der Waals surface area contributed by atoms with Gasteiger partial charge in [-0.1, -0.05) is 0 Å². The first-order chi connectivity index (χ1) is 16.2. The van der Waals surface area contributed by atoms with E-state index in [1.807, 2.05) is 0 Å². The monoisotopic (exact) mass is 486 g/mol. The fourth-order valence-corrected chi connectivity index (χ4v) is 3.85. The maximum Gasteiger partial charge on any atom is 0.522 e. The number of aliphatic imine (C=N–C) groups is 1. The van der Waals surface area contributed by atoms with E-state index in [1.54, 1.807) is 0 Å². The highest BCUT2D eigenvalue weighted by molar-refractivity contribution is 5.77. The Hall–Kier alpha value is -3.06. The summed E-state index contributed by atoms with van der Waals surface area (Å²) < 4.78 is 70.5. The predicted molar refractivity (Wildman–Crippen MR) is 108 cm³/mol. The number of nitrogens with one attached hydrogen (secondary N) is 1. The van der Waals surface area contributed by atoms with E-state index in [0.717, 1.165) is 0 Å². The molecule has 1 aliphatic heterocycles. The topological polar surface area (TPSA) is 108 Å². The summed E-state index contributed by atoms with van der Waals surface area (Å²) in [5.74, 6) is -0.388. The summed E-state index contributed by atoms with van der Waals surface area (Å²) in [6, 6.07) is 4.43. The van der Waals surface area contributed by atoms with Gasteiger partial charge in [-0.15, -0.1) is 23.4 Å². The quantitative estimate of drug-likeness (QED) is 0.451. The molecule has 0 bridgehead atoms. The number of aromatic nitrogens is 2. The molecule has 34 heavy (non-hydrogen) atoms. The summed E-state index contributed by atoms with van der Waals surface area (Å²) in [6.45, 7) is 3.44. The van der Waals surface area contributed by atoms with E-state index in [-0.39, 0.29) is 55.7 Å². The number of hydrogen-bond acceptors (Lipinski definition) is 8. The summed E-state index contributed by atoms with van der Waals surface area (Å²) >= 11 is 0. The lowest BCUT2D eigenvalue weighted by Gasteiger charge is -2.33. The second-order valence-electron chi connectivity index (χ2n) is 8.08. The molecule has 2 aliphatic rings. The normalized spacial score (nSPS) is 27.0. The second-order valence-corrected chi connectivity index (χ2v) is 8.08. The van der Waals surface area contributed by atoms with Crippen molar-refractivity contribution in [2.75, 3.05) is 13.2 Å². The van der Waals surface area contributed by atoms with Crippen LogP contribution in [0.25, 0.3) is 0 Å². The molecule has 13 heteroatoms. The molecule has 0 spiro atoms. The third-order valence-electron chi connectivity index (χ3n) is 5.58. The summed E-state index contributed by atoms with van der Waals surface area (Å²) in [6.07, 6.45) is -5.64. The Morgan fingerprint density at radius 3 is 2.56 bits per heavy atom. The lowest BCUT2D eigenvalue weighted by Crippen LogP contribution is -2.47. The van der Waals surface area contributed by atoms with Crippen LogP contribution in [-0.2, 0) is 14.3 Å². The molecule has 2 fully saturated rings. The molecule has 2 heterocycles. The number of nitrogens with zero attached hydrogens (tertiary/aromatic N) is 3. The molecule has 1 saturated heterocycles. The number of rotatable bonds is 8. The molecule has 1 N–H and O–H groups in total. The number of benzene rings is 1. The van der Waals surface area contributed by atoms with E-state index in [4.69, 9.17) is 13.9 Å². The van der Waals surface area contributed by atoms with Crippen LogP contribution in [0.5, 0.6) is 5.75 Å². The number of ether oxygens (including phenoxy) is 3. The number of hydrogen-bond donors (Lipinski definition) is 1. The van der Waals surface area contributed by atoms with E-state index < -0.39 is 30.4 Å². The molecule has 1 aromatic carbocycles. The van der Waals surface area contributed by atoms with Crippen LogP contribution in [0.1, 0.15) is 43.1 Å². The van der Waals surface area contributed by atoms with Crippen molar-refractivity contribution in [3.8, 4) is 5.75 Å². The summed E-state index contributed by atoms with van der Waals surface area (Å²) in [5, 5.41) is 10.7. The van der Waals surface area contributed by atoms with Crippen LogP contribution < -0.4 is 10.1 Å². The van der Waals surface area contributed by atoms with Crippen molar-refractivity contribution in [1.29, 1.82) is 0 Å². The zero-order chi connectivity index (χ0) is 24.3. The van der Waals surface area contributed by atoms with Gasteiger partial charge >= 0.3 is 6.36 Å². The summed E-state index contributed by atoms with van der Waals surface area (Å²) in [7, 11) is 0. The minimum Gasteiger partial charge on any atom is -0.484 e. The molecule has 2 aromatic rings. The second kappa shape index (κ2) is 10.1. The molecule has 3 atom stereocenters. The number of amides is 1. The Morgan fingerprint density at radius 2 is 1.88 bits per heavy atom. The van der Waals surface area contributed by atoms with Crippen molar-refractivity contribution < 1.29 is 41.0 Å². The van der Waals surface area contributed by atoms with Gasteiger partial charge in [0.15, 0.2) is 12.7 Å². The van der Waals surface area contributed by atoms with Gasteiger partial charge in [0, 0.05) is 5.92 Å². The Kier molecular flexibility index (Phi) is 7.12. The Morgan fingerprint density at radius 1 is 1.18 bits per heavy atom. The average Bonchev–Trinajstić information content (AvgIpc) is 3.24. The van der Waals surface area contributed by atoms with Crippen LogP contribution in [0, 0.1) is 5.82 Å². The SMILES string of the molecule is C=N[C@@H]1C[C@H](NC(=O)COc2ccc(F)cc2)CO[C@H]1c1nnc(C2CC(OC(F)(F)F)C2)o1. The van der Waals surface area contributed by atoms with Crippen LogP contribution in [0.4, 0.5) is 17.6 Å². The number of halogens is 4. The molecule has 0 radical (unpaired) electrons. The Balaban J connectivity index is 1.25. The van der Waals surface area contributed by atoms with Crippen molar-refractivity contribution in [2.45, 2.75) is 55.8 Å². The van der Waals surface area contributed by atoms with E-state index in [9.17, 15) is 22.4 Å². The van der Waals surface area contributed by atoms with E-state index in [1.165, 1.54) is 24.3 Å². The summed E-state index contributed by atoms with van der Waals surface area (Å²) in [5.41, 5.74) is 0. The number of alkyl halides is 3. The third kappa shape index (κ3) is 6.08. The van der Waals surface area contributed by atoms with Gasteiger partial charge in [0.05, 0.1) is 24.8 Å². The summed E-state index contributed by atoms with van der Waals surface area (Å²) in [4.78, 5) is 16.2. The van der Waals surface area contributed by atoms with E-state index in [2.05, 4.69) is 32.0 Å². The largest absolute Gasteiger partial charge is 0.522 e. The minimum atomic E-state index is -4.67. The van der Waals surface area contributed by atoms with Crippen LogP contribution in [0.3, 0.4) is 0 Å². The van der Waals surface area contributed by atoms with Crippen molar-refractivity contribution >= 4 is 12.6 Å². The highest BCUT2D eigenvalue weighted by atomic mass is 19.4. The molecule has 1 aliphatic carbocycles. The van der Waals surface area contributed by atoms with Crippen molar-refractivity contribution in [2.24, 2.45) is 4.99 Å². The van der Waals surface area contributed by atoms with Crippen LogP contribution in [-0.4, -0.2) is 60.6 Å². The molecule has 9 nitrogen and oxygen atoms in total. The fraction of sp³-hybridized carbons (Fsp3) is 0.524. The molecular weight excluding hydrogens is 464 g/mol.